The van der Waals surface area contributed by atoms with Crippen LogP contribution in [-0.2, 0) is 9.53 Å². The van der Waals surface area contributed by atoms with Gasteiger partial charge in [-0.15, -0.1) is 0 Å². The number of nitrogens with one attached hydrogen (secondary N) is 1. The average molecular weight is 270 g/mol. The summed E-state index contributed by atoms with van der Waals surface area (Å²) in [7, 11) is 0. The number of nitrogens with two attached hydrogens (primary N) is 1. The zero-order valence-corrected chi connectivity index (χ0v) is 11.9. The summed E-state index contributed by atoms with van der Waals surface area (Å²) in [5.41, 5.74) is 5.01. The smallest absolute Gasteiger partial charge is 0.233 e. The minimum atomic E-state index is -0.601. The Labute approximate surface area is 114 Å². The molecule has 0 radical (unpaired) electrons. The fourth-order valence-corrected chi connectivity index (χ4v) is 3.23. The van der Waals surface area contributed by atoms with E-state index in [0.29, 0.717) is 24.1 Å². The normalized spacial score (nSPS) is 34.4. The van der Waals surface area contributed by atoms with Crippen LogP contribution in [0.2, 0.25) is 0 Å². The molecule has 0 bridgehead atoms. The lowest BCUT2D eigenvalue weighted by Gasteiger charge is -2.46. The monoisotopic (exact) mass is 270 g/mol. The SMILES string of the molecule is CC1CC(C(=O)NC2(C)CCOCC2)(C(N)=S)C1. The van der Waals surface area contributed by atoms with E-state index in [1.54, 1.807) is 0 Å². The minimum Gasteiger partial charge on any atom is -0.392 e. The maximum Gasteiger partial charge on any atom is 0.233 e. The van der Waals surface area contributed by atoms with Gasteiger partial charge >= 0.3 is 0 Å². The van der Waals surface area contributed by atoms with Crippen molar-refractivity contribution in [3.63, 3.8) is 0 Å². The Kier molecular flexibility index (Phi) is 3.65. The summed E-state index contributed by atoms with van der Waals surface area (Å²) in [6.07, 6.45) is 3.25. The molecule has 0 spiro atoms. The van der Waals surface area contributed by atoms with E-state index in [4.69, 9.17) is 22.7 Å². The number of amides is 1. The third kappa shape index (κ3) is 2.38. The third-order valence-electron chi connectivity index (χ3n) is 4.31. The highest BCUT2D eigenvalue weighted by Crippen LogP contribution is 2.46. The van der Waals surface area contributed by atoms with Crippen molar-refractivity contribution in [3.8, 4) is 0 Å². The zero-order valence-electron chi connectivity index (χ0n) is 11.1. The summed E-state index contributed by atoms with van der Waals surface area (Å²) in [5.74, 6) is 0.539. The summed E-state index contributed by atoms with van der Waals surface area (Å²) < 4.78 is 5.34. The molecular formula is C13H22N2O2S. The van der Waals surface area contributed by atoms with Crippen molar-refractivity contribution in [2.45, 2.75) is 45.1 Å². The number of carbonyl (C=O) groups excluding carboxylic acids is 1. The summed E-state index contributed by atoms with van der Waals surface area (Å²) in [6, 6.07) is 0. The van der Waals surface area contributed by atoms with Crippen LogP contribution in [0.25, 0.3) is 0 Å². The highest BCUT2D eigenvalue weighted by Gasteiger charge is 2.52. The minimum absolute atomic E-state index is 0.0116. The first-order valence-electron chi connectivity index (χ1n) is 6.58. The van der Waals surface area contributed by atoms with Gasteiger partial charge in [0, 0.05) is 18.8 Å². The summed E-state index contributed by atoms with van der Waals surface area (Å²) in [5, 5.41) is 3.15. The van der Waals surface area contributed by atoms with Gasteiger partial charge in [0.1, 0.15) is 0 Å². The Hall–Kier alpha value is -0.680. The molecule has 1 amide bonds. The number of rotatable bonds is 3. The van der Waals surface area contributed by atoms with Crippen molar-refractivity contribution < 1.29 is 9.53 Å². The fraction of sp³-hybridized carbons (Fsp3) is 0.846. The van der Waals surface area contributed by atoms with Gasteiger partial charge in [-0.25, -0.2) is 0 Å². The van der Waals surface area contributed by atoms with Crippen LogP contribution in [0.15, 0.2) is 0 Å². The highest BCUT2D eigenvalue weighted by atomic mass is 32.1. The van der Waals surface area contributed by atoms with Gasteiger partial charge in [-0.2, -0.15) is 0 Å². The molecule has 0 aromatic carbocycles. The van der Waals surface area contributed by atoms with Crippen molar-refractivity contribution in [1.82, 2.24) is 5.32 Å². The second kappa shape index (κ2) is 4.78. The van der Waals surface area contributed by atoms with Gasteiger partial charge in [-0.05, 0) is 38.5 Å². The maximum atomic E-state index is 12.5. The topological polar surface area (TPSA) is 64.3 Å². The second-order valence-corrected chi connectivity index (χ2v) is 6.53. The third-order valence-corrected chi connectivity index (χ3v) is 4.70. The standard InChI is InChI=1S/C13H22N2O2S/c1-9-7-13(8-9,10(14)18)11(16)15-12(2)3-5-17-6-4-12/h9H,3-8H2,1-2H3,(H2,14,18)(H,15,16). The second-order valence-electron chi connectivity index (χ2n) is 6.09. The quantitative estimate of drug-likeness (QED) is 0.760. The molecule has 2 aliphatic rings. The molecule has 102 valence electrons. The molecule has 5 heteroatoms. The van der Waals surface area contributed by atoms with E-state index in [-0.39, 0.29) is 11.4 Å². The van der Waals surface area contributed by atoms with Crippen molar-refractivity contribution in [2.24, 2.45) is 17.1 Å². The predicted molar refractivity (Wildman–Crippen MR) is 74.2 cm³/mol. The van der Waals surface area contributed by atoms with Gasteiger partial charge in [0.25, 0.3) is 0 Å². The Morgan fingerprint density at radius 1 is 1.39 bits per heavy atom. The Morgan fingerprint density at radius 3 is 2.39 bits per heavy atom. The lowest BCUT2D eigenvalue weighted by molar-refractivity contribution is -0.135. The molecule has 3 N–H and O–H groups in total. The van der Waals surface area contributed by atoms with E-state index in [9.17, 15) is 4.79 Å². The molecule has 1 aliphatic heterocycles. The highest BCUT2D eigenvalue weighted by molar-refractivity contribution is 7.80. The summed E-state index contributed by atoms with van der Waals surface area (Å²) >= 11 is 5.11. The van der Waals surface area contributed by atoms with Crippen LogP contribution in [0.1, 0.15) is 39.5 Å². The average Bonchev–Trinajstić information content (AvgIpc) is 2.24. The van der Waals surface area contributed by atoms with Crippen LogP contribution in [0, 0.1) is 11.3 Å². The lowest BCUT2D eigenvalue weighted by atomic mass is 9.61. The van der Waals surface area contributed by atoms with E-state index in [0.717, 1.165) is 25.7 Å². The summed E-state index contributed by atoms with van der Waals surface area (Å²) in [4.78, 5) is 12.8. The van der Waals surface area contributed by atoms with E-state index >= 15 is 0 Å². The molecule has 0 atom stereocenters. The van der Waals surface area contributed by atoms with Crippen LogP contribution in [0.5, 0.6) is 0 Å². The summed E-state index contributed by atoms with van der Waals surface area (Å²) in [6.45, 7) is 5.60. The molecule has 0 unspecified atom stereocenters. The van der Waals surface area contributed by atoms with Crippen LogP contribution in [0.4, 0.5) is 0 Å². The molecule has 2 rings (SSSR count). The molecule has 1 heterocycles. The van der Waals surface area contributed by atoms with Crippen LogP contribution in [-0.4, -0.2) is 29.6 Å². The van der Waals surface area contributed by atoms with Gasteiger partial charge in [0.05, 0.1) is 10.4 Å². The van der Waals surface area contributed by atoms with Gasteiger partial charge < -0.3 is 15.8 Å². The number of ether oxygens (including phenoxy) is 1. The molecular weight excluding hydrogens is 248 g/mol. The van der Waals surface area contributed by atoms with Crippen molar-refractivity contribution in [1.29, 1.82) is 0 Å². The van der Waals surface area contributed by atoms with Crippen molar-refractivity contribution in [3.05, 3.63) is 0 Å². The lowest BCUT2D eigenvalue weighted by Crippen LogP contribution is -2.61. The Bertz CT molecular complexity index is 358. The predicted octanol–water partition coefficient (Wildman–Crippen LogP) is 1.37. The van der Waals surface area contributed by atoms with Crippen molar-refractivity contribution >= 4 is 23.1 Å². The van der Waals surface area contributed by atoms with E-state index in [2.05, 4.69) is 19.2 Å². The molecule has 1 saturated carbocycles. The molecule has 4 nitrogen and oxygen atoms in total. The first-order valence-corrected chi connectivity index (χ1v) is 6.99. The van der Waals surface area contributed by atoms with Gasteiger partial charge in [0.15, 0.2) is 0 Å². The van der Waals surface area contributed by atoms with Crippen molar-refractivity contribution in [2.75, 3.05) is 13.2 Å². The molecule has 0 aromatic heterocycles. The van der Waals surface area contributed by atoms with E-state index in [1.165, 1.54) is 0 Å². The number of carbonyl (C=O) groups is 1. The first-order chi connectivity index (χ1) is 8.38. The van der Waals surface area contributed by atoms with Crippen LogP contribution in [0.3, 0.4) is 0 Å². The van der Waals surface area contributed by atoms with E-state index in [1.807, 2.05) is 0 Å². The Balaban J connectivity index is 2.04. The molecule has 1 aliphatic carbocycles. The Morgan fingerprint density at radius 2 is 1.94 bits per heavy atom. The van der Waals surface area contributed by atoms with Crippen LogP contribution < -0.4 is 11.1 Å². The number of hydrogen-bond donors (Lipinski definition) is 2. The molecule has 0 aromatic rings. The van der Waals surface area contributed by atoms with Gasteiger partial charge in [-0.3, -0.25) is 4.79 Å². The van der Waals surface area contributed by atoms with Gasteiger partial charge in [0.2, 0.25) is 5.91 Å². The first kappa shape index (κ1) is 13.7. The zero-order chi connectivity index (χ0) is 13.4. The number of hydrogen-bond acceptors (Lipinski definition) is 3. The molecule has 2 fully saturated rings. The largest absolute Gasteiger partial charge is 0.392 e. The van der Waals surface area contributed by atoms with Crippen LogP contribution >= 0.6 is 12.2 Å². The maximum absolute atomic E-state index is 12.5. The van der Waals surface area contributed by atoms with Gasteiger partial charge in [-0.1, -0.05) is 19.1 Å². The number of thiocarbonyl (C=S) groups is 1. The van der Waals surface area contributed by atoms with E-state index < -0.39 is 5.41 Å². The fourth-order valence-electron chi connectivity index (χ4n) is 2.97. The molecule has 18 heavy (non-hydrogen) atoms. The molecule has 1 saturated heterocycles.